The summed E-state index contributed by atoms with van der Waals surface area (Å²) >= 11 is 12.0. The van der Waals surface area contributed by atoms with E-state index in [1.54, 1.807) is 25.1 Å². The first kappa shape index (κ1) is 17.8. The lowest BCUT2D eigenvalue weighted by atomic mass is 9.95. The van der Waals surface area contributed by atoms with Gasteiger partial charge in [-0.05, 0) is 17.7 Å². The number of ether oxygens (including phenoxy) is 1. The fraction of sp³-hybridized carbons (Fsp3) is 0.375. The zero-order valence-electron chi connectivity index (χ0n) is 12.8. The second-order valence-corrected chi connectivity index (χ2v) is 5.92. The Morgan fingerprint density at radius 2 is 2.04 bits per heavy atom. The van der Waals surface area contributed by atoms with Crippen LogP contribution in [0, 0.1) is 0 Å². The summed E-state index contributed by atoms with van der Waals surface area (Å²) in [6.07, 6.45) is 0.183. The van der Waals surface area contributed by atoms with Gasteiger partial charge in [0, 0.05) is 20.1 Å². The maximum absolute atomic E-state index is 12.3. The molecule has 1 aliphatic rings. The van der Waals surface area contributed by atoms with Gasteiger partial charge in [0.25, 0.3) is 5.91 Å². The smallest absolute Gasteiger partial charge is 0.290 e. The standard InChI is InChI=1S/C16H17Cl2NO4/c1-3-12(20)13-14(9-4-5-10(17)11(18)8-9)19(6-7-23-2)16(22)15(13)21/h4-5,8,14,21H,3,6-7H2,1-2H3. The SMILES string of the molecule is CCC(=O)C1=C(O)C(=O)N(CCOC)C1c1ccc(Cl)c(Cl)c1. The highest BCUT2D eigenvalue weighted by molar-refractivity contribution is 6.42. The number of carbonyl (C=O) groups is 2. The summed E-state index contributed by atoms with van der Waals surface area (Å²) in [5.74, 6) is -1.38. The second kappa shape index (κ2) is 7.34. The molecule has 7 heteroatoms. The lowest BCUT2D eigenvalue weighted by Crippen LogP contribution is -2.33. The number of amides is 1. The average molecular weight is 358 g/mol. The molecular formula is C16H17Cl2NO4. The molecular weight excluding hydrogens is 341 g/mol. The number of aliphatic hydroxyl groups is 1. The molecule has 0 bridgehead atoms. The number of methoxy groups -OCH3 is 1. The zero-order chi connectivity index (χ0) is 17.1. The molecule has 1 aromatic rings. The predicted molar refractivity (Wildman–Crippen MR) is 87.7 cm³/mol. The van der Waals surface area contributed by atoms with E-state index < -0.39 is 17.7 Å². The van der Waals surface area contributed by atoms with Gasteiger partial charge in [-0.25, -0.2) is 0 Å². The maximum atomic E-state index is 12.3. The van der Waals surface area contributed by atoms with E-state index in [1.165, 1.54) is 12.0 Å². The van der Waals surface area contributed by atoms with E-state index in [9.17, 15) is 14.7 Å². The Balaban J connectivity index is 2.52. The summed E-state index contributed by atoms with van der Waals surface area (Å²) in [5, 5.41) is 10.8. The van der Waals surface area contributed by atoms with Crippen molar-refractivity contribution < 1.29 is 19.4 Å². The highest BCUT2D eigenvalue weighted by Gasteiger charge is 2.42. The van der Waals surface area contributed by atoms with Gasteiger partial charge in [-0.3, -0.25) is 9.59 Å². The summed E-state index contributed by atoms with van der Waals surface area (Å²) in [7, 11) is 1.51. The van der Waals surface area contributed by atoms with Gasteiger partial charge in [-0.2, -0.15) is 0 Å². The van der Waals surface area contributed by atoms with E-state index in [0.717, 1.165) is 0 Å². The fourth-order valence-corrected chi connectivity index (χ4v) is 2.88. The molecule has 0 fully saturated rings. The normalized spacial score (nSPS) is 18.0. The van der Waals surface area contributed by atoms with Crippen molar-refractivity contribution in [2.24, 2.45) is 0 Å². The predicted octanol–water partition coefficient (Wildman–Crippen LogP) is 3.31. The number of hydrogen-bond donors (Lipinski definition) is 1. The van der Waals surface area contributed by atoms with Crippen LogP contribution in [0.15, 0.2) is 29.5 Å². The van der Waals surface area contributed by atoms with E-state index in [0.29, 0.717) is 15.6 Å². The number of nitrogens with zero attached hydrogens (tertiary/aromatic N) is 1. The fourth-order valence-electron chi connectivity index (χ4n) is 2.58. The van der Waals surface area contributed by atoms with Crippen LogP contribution in [-0.4, -0.2) is 42.0 Å². The van der Waals surface area contributed by atoms with E-state index in [1.807, 2.05) is 0 Å². The van der Waals surface area contributed by atoms with Crippen molar-refractivity contribution in [1.82, 2.24) is 4.90 Å². The number of ketones is 1. The molecule has 1 unspecified atom stereocenters. The third-order valence-electron chi connectivity index (χ3n) is 3.72. The lowest BCUT2D eigenvalue weighted by molar-refractivity contribution is -0.130. The van der Waals surface area contributed by atoms with Crippen LogP contribution in [0.4, 0.5) is 0 Å². The van der Waals surface area contributed by atoms with Gasteiger partial charge in [0.05, 0.1) is 28.3 Å². The van der Waals surface area contributed by atoms with Crippen molar-refractivity contribution in [3.63, 3.8) is 0 Å². The number of carbonyl (C=O) groups excluding carboxylic acids is 2. The molecule has 1 aliphatic heterocycles. The van der Waals surface area contributed by atoms with E-state index in [4.69, 9.17) is 27.9 Å². The van der Waals surface area contributed by atoms with Crippen molar-refractivity contribution in [2.75, 3.05) is 20.3 Å². The van der Waals surface area contributed by atoms with E-state index in [2.05, 4.69) is 0 Å². The van der Waals surface area contributed by atoms with Crippen LogP contribution in [0.25, 0.3) is 0 Å². The maximum Gasteiger partial charge on any atom is 0.290 e. The third-order valence-corrected chi connectivity index (χ3v) is 4.46. The minimum atomic E-state index is -0.695. The number of hydrogen-bond acceptors (Lipinski definition) is 4. The van der Waals surface area contributed by atoms with Gasteiger partial charge in [-0.15, -0.1) is 0 Å². The van der Waals surface area contributed by atoms with E-state index in [-0.39, 0.29) is 30.9 Å². The molecule has 23 heavy (non-hydrogen) atoms. The average Bonchev–Trinajstić information content (AvgIpc) is 2.79. The Kier molecular flexibility index (Phi) is 5.68. The molecule has 2 rings (SSSR count). The van der Waals surface area contributed by atoms with Gasteiger partial charge >= 0.3 is 0 Å². The van der Waals surface area contributed by atoms with Gasteiger partial charge in [0.15, 0.2) is 11.5 Å². The molecule has 1 atom stereocenters. The van der Waals surface area contributed by atoms with Crippen LogP contribution in [0.5, 0.6) is 0 Å². The quantitative estimate of drug-likeness (QED) is 0.847. The molecule has 0 aliphatic carbocycles. The molecule has 0 spiro atoms. The van der Waals surface area contributed by atoms with Crippen molar-refractivity contribution in [3.05, 3.63) is 45.1 Å². The van der Waals surface area contributed by atoms with E-state index >= 15 is 0 Å². The van der Waals surface area contributed by atoms with Crippen LogP contribution < -0.4 is 0 Å². The summed E-state index contributed by atoms with van der Waals surface area (Å²) < 4.78 is 5.01. The monoisotopic (exact) mass is 357 g/mol. The Hall–Kier alpha value is -1.56. The molecule has 1 aromatic carbocycles. The molecule has 0 saturated heterocycles. The number of halogens is 2. The van der Waals surface area contributed by atoms with Gasteiger partial charge in [0.2, 0.25) is 0 Å². The molecule has 0 aromatic heterocycles. The van der Waals surface area contributed by atoms with Crippen LogP contribution >= 0.6 is 23.2 Å². The third kappa shape index (κ3) is 3.37. The van der Waals surface area contributed by atoms with Crippen LogP contribution in [0.3, 0.4) is 0 Å². The van der Waals surface area contributed by atoms with Crippen molar-refractivity contribution in [3.8, 4) is 0 Å². The van der Waals surface area contributed by atoms with Gasteiger partial charge < -0.3 is 14.7 Å². The summed E-state index contributed by atoms with van der Waals surface area (Å²) in [5.41, 5.74) is 0.705. The first-order valence-corrected chi connectivity index (χ1v) is 7.89. The highest BCUT2D eigenvalue weighted by atomic mass is 35.5. The molecule has 1 amide bonds. The number of aliphatic hydroxyl groups excluding tert-OH is 1. The zero-order valence-corrected chi connectivity index (χ0v) is 14.3. The van der Waals surface area contributed by atoms with Gasteiger partial charge in [-0.1, -0.05) is 36.2 Å². The molecule has 0 saturated carbocycles. The lowest BCUT2D eigenvalue weighted by Gasteiger charge is -2.26. The van der Waals surface area contributed by atoms with Crippen LogP contribution in [0.2, 0.25) is 10.0 Å². The largest absolute Gasteiger partial charge is 0.503 e. The Morgan fingerprint density at radius 1 is 1.35 bits per heavy atom. The summed E-state index contributed by atoms with van der Waals surface area (Å²) in [6, 6.07) is 4.19. The van der Waals surface area contributed by atoms with Crippen molar-refractivity contribution in [1.29, 1.82) is 0 Å². The number of rotatable bonds is 6. The highest BCUT2D eigenvalue weighted by Crippen LogP contribution is 2.39. The Labute approximate surface area is 144 Å². The summed E-state index contributed by atoms with van der Waals surface area (Å²) in [6.45, 7) is 2.20. The summed E-state index contributed by atoms with van der Waals surface area (Å²) in [4.78, 5) is 26.0. The first-order valence-electron chi connectivity index (χ1n) is 7.13. The number of Topliss-reactive ketones (excluding diaryl/α,β-unsaturated/α-hetero) is 1. The first-order chi connectivity index (χ1) is 10.9. The molecule has 1 heterocycles. The minimum absolute atomic E-state index is 0.0898. The molecule has 1 N–H and O–H groups in total. The molecule has 5 nitrogen and oxygen atoms in total. The number of benzene rings is 1. The topological polar surface area (TPSA) is 66.8 Å². The van der Waals surface area contributed by atoms with Crippen molar-refractivity contribution in [2.45, 2.75) is 19.4 Å². The second-order valence-electron chi connectivity index (χ2n) is 5.11. The Bertz CT molecular complexity index is 672. The Morgan fingerprint density at radius 3 is 2.61 bits per heavy atom. The van der Waals surface area contributed by atoms with Crippen molar-refractivity contribution >= 4 is 34.9 Å². The molecule has 0 radical (unpaired) electrons. The minimum Gasteiger partial charge on any atom is -0.503 e. The van der Waals surface area contributed by atoms with Crippen LogP contribution in [0.1, 0.15) is 24.9 Å². The van der Waals surface area contributed by atoms with Gasteiger partial charge in [0.1, 0.15) is 0 Å². The molecule has 124 valence electrons. The van der Waals surface area contributed by atoms with Crippen LogP contribution in [-0.2, 0) is 14.3 Å².